The van der Waals surface area contributed by atoms with E-state index in [1.807, 2.05) is 12.3 Å². The number of nitrogens with one attached hydrogen (secondary N) is 1. The Morgan fingerprint density at radius 2 is 2.12 bits per heavy atom. The van der Waals surface area contributed by atoms with Gasteiger partial charge in [-0.1, -0.05) is 12.1 Å². The van der Waals surface area contributed by atoms with Crippen molar-refractivity contribution in [2.75, 3.05) is 6.26 Å². The van der Waals surface area contributed by atoms with E-state index in [-0.39, 0.29) is 0 Å². The fraction of sp³-hybridized carbons (Fsp3) is 0.0714. The molecule has 0 spiro atoms. The van der Waals surface area contributed by atoms with Crippen LogP contribution in [0.1, 0.15) is 0 Å². The first kappa shape index (κ1) is 10.4. The minimum absolute atomic E-state index is 0.942. The molecule has 0 bridgehead atoms. The van der Waals surface area contributed by atoms with E-state index in [0.717, 1.165) is 5.65 Å². The van der Waals surface area contributed by atoms with E-state index >= 15 is 0 Å². The van der Waals surface area contributed by atoms with Crippen molar-refractivity contribution in [2.24, 2.45) is 0 Å². The molecule has 0 atom stereocenters. The third kappa shape index (κ3) is 1.83. The first-order chi connectivity index (χ1) is 8.38. The van der Waals surface area contributed by atoms with Crippen molar-refractivity contribution in [3.05, 3.63) is 48.8 Å². The van der Waals surface area contributed by atoms with Crippen LogP contribution < -0.4 is 0 Å². The summed E-state index contributed by atoms with van der Waals surface area (Å²) in [7, 11) is 0. The molecule has 0 saturated carbocycles. The van der Waals surface area contributed by atoms with Crippen LogP contribution in [0.5, 0.6) is 0 Å². The molecule has 3 rings (SSSR count). The molecule has 17 heavy (non-hydrogen) atoms. The standard InChI is InChI=1S/C14H12N2S/c1-17-11-5-2-4-10(8-11)13-9-16-14-12(13)6-3-7-15-14/h2-9H,1H3,(H,15,16). The topological polar surface area (TPSA) is 28.7 Å². The predicted octanol–water partition coefficient (Wildman–Crippen LogP) is 3.95. The van der Waals surface area contributed by atoms with E-state index in [2.05, 4.69) is 46.6 Å². The Morgan fingerprint density at radius 1 is 1.18 bits per heavy atom. The van der Waals surface area contributed by atoms with Crippen LogP contribution in [-0.4, -0.2) is 16.2 Å². The van der Waals surface area contributed by atoms with Gasteiger partial charge in [0.2, 0.25) is 0 Å². The Morgan fingerprint density at radius 3 is 3.00 bits per heavy atom. The molecule has 1 N–H and O–H groups in total. The maximum absolute atomic E-state index is 4.31. The Labute approximate surface area is 104 Å². The van der Waals surface area contributed by atoms with Crippen LogP contribution in [0.3, 0.4) is 0 Å². The number of pyridine rings is 1. The monoisotopic (exact) mass is 240 g/mol. The van der Waals surface area contributed by atoms with Crippen LogP contribution in [0.15, 0.2) is 53.7 Å². The quantitative estimate of drug-likeness (QED) is 0.687. The number of hydrogen-bond acceptors (Lipinski definition) is 2. The lowest BCUT2D eigenvalue weighted by atomic mass is 10.1. The highest BCUT2D eigenvalue weighted by molar-refractivity contribution is 7.98. The molecule has 0 radical (unpaired) electrons. The minimum atomic E-state index is 0.942. The number of hydrogen-bond donors (Lipinski definition) is 1. The van der Waals surface area contributed by atoms with Gasteiger partial charge in [0, 0.05) is 28.2 Å². The van der Waals surface area contributed by atoms with Crippen molar-refractivity contribution in [3.8, 4) is 11.1 Å². The Bertz CT molecular complexity index is 658. The third-order valence-corrected chi connectivity index (χ3v) is 3.56. The van der Waals surface area contributed by atoms with Gasteiger partial charge in [-0.15, -0.1) is 11.8 Å². The van der Waals surface area contributed by atoms with Crippen molar-refractivity contribution in [2.45, 2.75) is 4.90 Å². The smallest absolute Gasteiger partial charge is 0.137 e. The van der Waals surface area contributed by atoms with Crippen molar-refractivity contribution in [3.63, 3.8) is 0 Å². The molecule has 1 aromatic carbocycles. The average molecular weight is 240 g/mol. The number of rotatable bonds is 2. The SMILES string of the molecule is CSc1cccc(-c2c[nH]c3ncccc23)c1. The predicted molar refractivity (Wildman–Crippen MR) is 73.3 cm³/mol. The lowest BCUT2D eigenvalue weighted by Crippen LogP contribution is -1.77. The van der Waals surface area contributed by atoms with Gasteiger partial charge in [0.25, 0.3) is 0 Å². The maximum Gasteiger partial charge on any atom is 0.137 e. The van der Waals surface area contributed by atoms with Gasteiger partial charge in [0.1, 0.15) is 5.65 Å². The molecule has 3 heteroatoms. The van der Waals surface area contributed by atoms with Crippen LogP contribution in [0.4, 0.5) is 0 Å². The molecule has 0 aliphatic heterocycles. The van der Waals surface area contributed by atoms with Crippen LogP contribution in [0, 0.1) is 0 Å². The molecule has 2 nitrogen and oxygen atoms in total. The fourth-order valence-electron chi connectivity index (χ4n) is 1.99. The highest BCUT2D eigenvalue weighted by Crippen LogP contribution is 2.29. The summed E-state index contributed by atoms with van der Waals surface area (Å²) in [6.45, 7) is 0. The van der Waals surface area contributed by atoms with Crippen LogP contribution in [0.25, 0.3) is 22.2 Å². The largest absolute Gasteiger partial charge is 0.346 e. The molecule has 84 valence electrons. The molecule has 0 aliphatic carbocycles. The van der Waals surface area contributed by atoms with Gasteiger partial charge < -0.3 is 4.98 Å². The summed E-state index contributed by atoms with van der Waals surface area (Å²) in [5.74, 6) is 0. The van der Waals surface area contributed by atoms with E-state index in [1.54, 1.807) is 18.0 Å². The van der Waals surface area contributed by atoms with Crippen LogP contribution in [-0.2, 0) is 0 Å². The molecule has 0 saturated heterocycles. The highest BCUT2D eigenvalue weighted by atomic mass is 32.2. The molecule has 2 aromatic heterocycles. The van der Waals surface area contributed by atoms with Crippen LogP contribution >= 0.6 is 11.8 Å². The molecule has 3 aromatic rings. The summed E-state index contributed by atoms with van der Waals surface area (Å²) in [4.78, 5) is 8.79. The molecule has 0 amide bonds. The van der Waals surface area contributed by atoms with Crippen LogP contribution in [0.2, 0.25) is 0 Å². The zero-order chi connectivity index (χ0) is 11.7. The average Bonchev–Trinajstić information content (AvgIpc) is 2.82. The van der Waals surface area contributed by atoms with Gasteiger partial charge in [-0.25, -0.2) is 4.98 Å². The van der Waals surface area contributed by atoms with E-state index < -0.39 is 0 Å². The molecule has 2 heterocycles. The molecule has 0 aliphatic rings. The second-order valence-corrected chi connectivity index (χ2v) is 4.71. The number of aromatic nitrogens is 2. The van der Waals surface area contributed by atoms with Crippen molar-refractivity contribution in [1.82, 2.24) is 9.97 Å². The summed E-state index contributed by atoms with van der Waals surface area (Å²) >= 11 is 1.76. The summed E-state index contributed by atoms with van der Waals surface area (Å²) in [5, 5.41) is 1.17. The lowest BCUT2D eigenvalue weighted by Gasteiger charge is -2.01. The number of nitrogens with zero attached hydrogens (tertiary/aromatic N) is 1. The molecule has 0 unspecified atom stereocenters. The number of H-pyrrole nitrogens is 1. The summed E-state index contributed by atoms with van der Waals surface area (Å²) in [5.41, 5.74) is 3.39. The minimum Gasteiger partial charge on any atom is -0.346 e. The molecular formula is C14H12N2S. The number of thioether (sulfide) groups is 1. The van der Waals surface area contributed by atoms with Gasteiger partial charge in [-0.2, -0.15) is 0 Å². The highest BCUT2D eigenvalue weighted by Gasteiger charge is 2.06. The molecular weight excluding hydrogens is 228 g/mol. The van der Waals surface area contributed by atoms with Gasteiger partial charge in [0.05, 0.1) is 0 Å². The fourth-order valence-corrected chi connectivity index (χ4v) is 2.44. The maximum atomic E-state index is 4.31. The van der Waals surface area contributed by atoms with E-state index in [4.69, 9.17) is 0 Å². The Hall–Kier alpha value is -1.74. The first-order valence-electron chi connectivity index (χ1n) is 5.45. The van der Waals surface area contributed by atoms with Crippen molar-refractivity contribution >= 4 is 22.8 Å². The first-order valence-corrected chi connectivity index (χ1v) is 6.67. The van der Waals surface area contributed by atoms with Gasteiger partial charge in [-0.05, 0) is 36.1 Å². The number of benzene rings is 1. The zero-order valence-corrected chi connectivity index (χ0v) is 10.3. The van der Waals surface area contributed by atoms with Gasteiger partial charge in [0.15, 0.2) is 0 Å². The second-order valence-electron chi connectivity index (χ2n) is 3.83. The Balaban J connectivity index is 2.20. The van der Waals surface area contributed by atoms with Crippen molar-refractivity contribution < 1.29 is 0 Å². The van der Waals surface area contributed by atoms with Gasteiger partial charge in [-0.3, -0.25) is 0 Å². The van der Waals surface area contributed by atoms with E-state index in [9.17, 15) is 0 Å². The number of fused-ring (bicyclic) bond motifs is 1. The summed E-state index contributed by atoms with van der Waals surface area (Å²) in [6, 6.07) is 12.6. The normalized spacial score (nSPS) is 10.9. The van der Waals surface area contributed by atoms with E-state index in [0.29, 0.717) is 0 Å². The second kappa shape index (κ2) is 4.26. The third-order valence-electron chi connectivity index (χ3n) is 2.83. The summed E-state index contributed by atoms with van der Waals surface area (Å²) < 4.78 is 0. The Kier molecular flexibility index (Phi) is 2.61. The van der Waals surface area contributed by atoms with E-state index in [1.165, 1.54) is 21.4 Å². The number of aromatic amines is 1. The van der Waals surface area contributed by atoms with Crippen molar-refractivity contribution in [1.29, 1.82) is 0 Å². The molecule has 0 fully saturated rings. The van der Waals surface area contributed by atoms with Gasteiger partial charge >= 0.3 is 0 Å². The summed E-state index contributed by atoms with van der Waals surface area (Å²) in [6.07, 6.45) is 5.92. The zero-order valence-electron chi connectivity index (χ0n) is 9.47. The lowest BCUT2D eigenvalue weighted by molar-refractivity contribution is 1.33.